The number of anilines is 1. The molecule has 1 fully saturated rings. The molecule has 11 heteroatoms. The van der Waals surface area contributed by atoms with Gasteiger partial charge in [0.2, 0.25) is 10.0 Å². The minimum atomic E-state index is -3.43. The number of rotatable bonds is 9. The number of piperazine rings is 1. The molecule has 0 unspecified atom stereocenters. The summed E-state index contributed by atoms with van der Waals surface area (Å²) in [6.45, 7) is 2.14. The van der Waals surface area contributed by atoms with E-state index in [2.05, 4.69) is 10.2 Å². The van der Waals surface area contributed by atoms with Gasteiger partial charge in [-0.3, -0.25) is 14.9 Å². The van der Waals surface area contributed by atoms with Gasteiger partial charge in [0.1, 0.15) is 5.75 Å². The number of carbonyl (C=O) groups excluding carboxylic acids is 1. The molecule has 10 nitrogen and oxygen atoms in total. The van der Waals surface area contributed by atoms with Gasteiger partial charge < -0.3 is 15.0 Å². The van der Waals surface area contributed by atoms with E-state index in [-0.39, 0.29) is 30.0 Å². The van der Waals surface area contributed by atoms with Gasteiger partial charge in [-0.2, -0.15) is 4.31 Å². The van der Waals surface area contributed by atoms with Crippen LogP contribution in [0.2, 0.25) is 0 Å². The first-order valence-corrected chi connectivity index (χ1v) is 11.8. The summed E-state index contributed by atoms with van der Waals surface area (Å²) in [6, 6.07) is 13.1. The van der Waals surface area contributed by atoms with E-state index < -0.39 is 20.9 Å². The van der Waals surface area contributed by atoms with Crippen LogP contribution in [-0.4, -0.2) is 69.1 Å². The SMILES string of the molecule is COc1ccc(N2CCN(S(=O)(=O)CCCNC(=O)c3cccc([N+](=O)[O-])c3)CC2)cc1. The van der Waals surface area contributed by atoms with Crippen LogP contribution in [0.15, 0.2) is 48.5 Å². The number of sulfonamides is 1. The number of benzene rings is 2. The summed E-state index contributed by atoms with van der Waals surface area (Å²) in [5.41, 5.74) is 1.01. The maximum absolute atomic E-state index is 12.6. The fourth-order valence-corrected chi connectivity index (χ4v) is 4.95. The van der Waals surface area contributed by atoms with Crippen molar-refractivity contribution in [1.82, 2.24) is 9.62 Å². The summed E-state index contributed by atoms with van der Waals surface area (Å²) < 4.78 is 31.9. The minimum Gasteiger partial charge on any atom is -0.497 e. The molecule has 3 rings (SSSR count). The van der Waals surface area contributed by atoms with E-state index in [4.69, 9.17) is 4.74 Å². The molecule has 0 aromatic heterocycles. The second-order valence-electron chi connectivity index (χ2n) is 7.32. The van der Waals surface area contributed by atoms with Gasteiger partial charge in [0.25, 0.3) is 11.6 Å². The summed E-state index contributed by atoms with van der Waals surface area (Å²) in [7, 11) is -1.83. The number of hydrogen-bond acceptors (Lipinski definition) is 7. The van der Waals surface area contributed by atoms with Crippen LogP contribution in [-0.2, 0) is 10.0 Å². The highest BCUT2D eigenvalue weighted by atomic mass is 32.2. The van der Waals surface area contributed by atoms with Crippen molar-refractivity contribution in [1.29, 1.82) is 0 Å². The number of non-ortho nitro benzene ring substituents is 1. The molecule has 2 aromatic rings. The Labute approximate surface area is 187 Å². The first-order valence-electron chi connectivity index (χ1n) is 10.2. The molecule has 0 spiro atoms. The molecule has 1 aliphatic heterocycles. The van der Waals surface area contributed by atoms with E-state index in [0.29, 0.717) is 26.2 Å². The predicted molar refractivity (Wildman–Crippen MR) is 121 cm³/mol. The fourth-order valence-electron chi connectivity index (χ4n) is 3.47. The summed E-state index contributed by atoms with van der Waals surface area (Å²) in [6.07, 6.45) is 0.252. The monoisotopic (exact) mass is 462 g/mol. The van der Waals surface area contributed by atoms with Crippen molar-refractivity contribution in [2.45, 2.75) is 6.42 Å². The van der Waals surface area contributed by atoms with E-state index in [1.807, 2.05) is 24.3 Å². The fraction of sp³-hybridized carbons (Fsp3) is 0.381. The number of methoxy groups -OCH3 is 1. The Morgan fingerprint density at radius 2 is 1.81 bits per heavy atom. The van der Waals surface area contributed by atoms with E-state index in [0.717, 1.165) is 11.4 Å². The van der Waals surface area contributed by atoms with Crippen LogP contribution in [0.3, 0.4) is 0 Å². The van der Waals surface area contributed by atoms with Gasteiger partial charge >= 0.3 is 0 Å². The molecule has 172 valence electrons. The molecule has 1 N–H and O–H groups in total. The van der Waals surface area contributed by atoms with E-state index in [1.165, 1.54) is 28.6 Å². The van der Waals surface area contributed by atoms with Crippen LogP contribution in [0.25, 0.3) is 0 Å². The lowest BCUT2D eigenvalue weighted by Crippen LogP contribution is -2.49. The lowest BCUT2D eigenvalue weighted by Gasteiger charge is -2.35. The van der Waals surface area contributed by atoms with Gasteiger partial charge in [0.15, 0.2) is 0 Å². The molecule has 0 radical (unpaired) electrons. The highest BCUT2D eigenvalue weighted by Gasteiger charge is 2.26. The second-order valence-corrected chi connectivity index (χ2v) is 9.41. The van der Waals surface area contributed by atoms with Crippen molar-refractivity contribution >= 4 is 27.3 Å². The zero-order chi connectivity index (χ0) is 23.1. The molecule has 1 heterocycles. The van der Waals surface area contributed by atoms with Crippen LogP contribution < -0.4 is 15.0 Å². The molecule has 32 heavy (non-hydrogen) atoms. The van der Waals surface area contributed by atoms with Crippen molar-refractivity contribution in [2.24, 2.45) is 0 Å². The number of carbonyl (C=O) groups is 1. The van der Waals surface area contributed by atoms with Crippen molar-refractivity contribution in [3.05, 3.63) is 64.2 Å². The molecule has 1 amide bonds. The van der Waals surface area contributed by atoms with Crippen LogP contribution in [0.1, 0.15) is 16.8 Å². The van der Waals surface area contributed by atoms with Gasteiger partial charge in [-0.05, 0) is 36.8 Å². The molecular weight excluding hydrogens is 436 g/mol. The van der Waals surface area contributed by atoms with Crippen LogP contribution in [0.5, 0.6) is 5.75 Å². The summed E-state index contributed by atoms with van der Waals surface area (Å²) in [4.78, 5) is 24.5. The highest BCUT2D eigenvalue weighted by Crippen LogP contribution is 2.21. The maximum Gasteiger partial charge on any atom is 0.270 e. The molecule has 0 aliphatic carbocycles. The van der Waals surface area contributed by atoms with Crippen molar-refractivity contribution in [3.8, 4) is 5.75 Å². The van der Waals surface area contributed by atoms with Gasteiger partial charge in [-0.15, -0.1) is 0 Å². The average molecular weight is 463 g/mol. The zero-order valence-electron chi connectivity index (χ0n) is 17.8. The largest absolute Gasteiger partial charge is 0.497 e. The van der Waals surface area contributed by atoms with Gasteiger partial charge in [-0.25, -0.2) is 8.42 Å². The highest BCUT2D eigenvalue weighted by molar-refractivity contribution is 7.89. The van der Waals surface area contributed by atoms with Gasteiger partial charge in [0, 0.05) is 56.1 Å². The molecule has 1 aliphatic rings. The Balaban J connectivity index is 1.44. The summed E-state index contributed by atoms with van der Waals surface area (Å²) in [5.74, 6) is 0.219. The van der Waals surface area contributed by atoms with Crippen LogP contribution in [0.4, 0.5) is 11.4 Å². The molecule has 0 bridgehead atoms. The zero-order valence-corrected chi connectivity index (χ0v) is 18.6. The lowest BCUT2D eigenvalue weighted by molar-refractivity contribution is -0.384. The molecule has 1 saturated heterocycles. The Morgan fingerprint density at radius 1 is 1.12 bits per heavy atom. The summed E-state index contributed by atoms with van der Waals surface area (Å²) in [5, 5.41) is 13.4. The van der Waals surface area contributed by atoms with Crippen molar-refractivity contribution in [3.63, 3.8) is 0 Å². The van der Waals surface area contributed by atoms with Gasteiger partial charge in [-0.1, -0.05) is 6.07 Å². The third-order valence-corrected chi connectivity index (χ3v) is 7.21. The van der Waals surface area contributed by atoms with Crippen LogP contribution >= 0.6 is 0 Å². The summed E-state index contributed by atoms with van der Waals surface area (Å²) >= 11 is 0. The number of hydrogen-bond donors (Lipinski definition) is 1. The maximum atomic E-state index is 12.6. The number of nitrogens with zero attached hydrogens (tertiary/aromatic N) is 3. The first-order chi connectivity index (χ1) is 15.3. The first kappa shape index (κ1) is 23.5. The number of nitro benzene ring substituents is 1. The number of nitrogens with one attached hydrogen (secondary N) is 1. The lowest BCUT2D eigenvalue weighted by atomic mass is 10.2. The smallest absolute Gasteiger partial charge is 0.270 e. The van der Waals surface area contributed by atoms with Gasteiger partial charge in [0.05, 0.1) is 17.8 Å². The second kappa shape index (κ2) is 10.4. The van der Waals surface area contributed by atoms with E-state index in [9.17, 15) is 23.3 Å². The minimum absolute atomic E-state index is 0.0786. The number of ether oxygens (including phenoxy) is 1. The predicted octanol–water partition coefficient (Wildman–Crippen LogP) is 1.88. The third-order valence-electron chi connectivity index (χ3n) is 5.25. The molecular formula is C21H26N4O6S. The molecule has 0 atom stereocenters. The van der Waals surface area contributed by atoms with Crippen LogP contribution in [0, 0.1) is 10.1 Å². The molecule has 0 saturated carbocycles. The van der Waals surface area contributed by atoms with Crippen molar-refractivity contribution < 1.29 is 22.9 Å². The standard InChI is InChI=1S/C21H26N4O6S/c1-31-20-8-6-18(7-9-20)23-11-13-24(14-12-23)32(29,30)15-3-10-22-21(26)17-4-2-5-19(16-17)25(27)28/h2,4-9,16H,3,10-15H2,1H3,(H,22,26). The van der Waals surface area contributed by atoms with E-state index in [1.54, 1.807) is 7.11 Å². The Hall–Kier alpha value is -3.18. The number of amides is 1. The average Bonchev–Trinajstić information content (AvgIpc) is 2.82. The number of nitro groups is 1. The normalized spacial score (nSPS) is 14.7. The molecule has 2 aromatic carbocycles. The Bertz CT molecular complexity index is 1050. The Kier molecular flexibility index (Phi) is 7.65. The van der Waals surface area contributed by atoms with E-state index >= 15 is 0 Å². The van der Waals surface area contributed by atoms with Crippen molar-refractivity contribution in [2.75, 3.05) is 50.5 Å². The quantitative estimate of drug-likeness (QED) is 0.343. The topological polar surface area (TPSA) is 122 Å². The third kappa shape index (κ3) is 5.95. The Morgan fingerprint density at radius 3 is 2.44 bits per heavy atom.